The fourth-order valence-corrected chi connectivity index (χ4v) is 3.99. The Hall–Kier alpha value is -4.26. The molecule has 1 aliphatic rings. The molecule has 0 radical (unpaired) electrons. The van der Waals surface area contributed by atoms with Crippen LogP contribution < -0.4 is 24.4 Å². The fraction of sp³-hybridized carbons (Fsp3) is 0.185. The second kappa shape index (κ2) is 9.31. The van der Waals surface area contributed by atoms with Gasteiger partial charge in [0.15, 0.2) is 0 Å². The number of carbonyl (C=O) groups excluding carboxylic acids is 2. The van der Waals surface area contributed by atoms with E-state index in [1.165, 1.54) is 12.0 Å². The number of anilines is 2. The van der Waals surface area contributed by atoms with E-state index in [1.807, 2.05) is 26.0 Å². The van der Waals surface area contributed by atoms with Crippen LogP contribution in [0.15, 0.2) is 66.4 Å². The number of rotatable bonds is 7. The summed E-state index contributed by atoms with van der Waals surface area (Å²) < 4.78 is 16.0. The Morgan fingerprint density at radius 3 is 2.03 bits per heavy atom. The molecule has 34 heavy (non-hydrogen) atoms. The van der Waals surface area contributed by atoms with Crippen LogP contribution in [0.1, 0.15) is 16.7 Å². The first-order chi connectivity index (χ1) is 16.4. The highest BCUT2D eigenvalue weighted by atomic mass is 16.5. The molecule has 0 aliphatic carbocycles. The van der Waals surface area contributed by atoms with Crippen molar-refractivity contribution in [2.75, 3.05) is 31.5 Å². The topological polar surface area (TPSA) is 77.1 Å². The molecule has 0 atom stereocenters. The standard InChI is InChI=1S/C27H26N2O5/c1-16-6-12-22(17(2)14-16)29-26(30)24(18-7-9-19(32-3)10-8-18)25(27(29)31)28-21-15-20(33-4)11-13-23(21)34-5/h6-15,28H,1-5H3. The molecule has 0 aromatic heterocycles. The SMILES string of the molecule is COc1ccc(C2=C(Nc3cc(OC)ccc3OC)C(=O)N(c3ccc(C)cc3C)C2=O)cc1. The Balaban J connectivity index is 1.86. The first kappa shape index (κ1) is 22.9. The summed E-state index contributed by atoms with van der Waals surface area (Å²) in [6.45, 7) is 3.85. The minimum absolute atomic E-state index is 0.154. The highest BCUT2D eigenvalue weighted by Crippen LogP contribution is 2.38. The molecule has 7 heteroatoms. The van der Waals surface area contributed by atoms with E-state index in [9.17, 15) is 9.59 Å². The lowest BCUT2D eigenvalue weighted by Crippen LogP contribution is -2.33. The molecule has 0 saturated carbocycles. The van der Waals surface area contributed by atoms with Crippen LogP contribution in [0.4, 0.5) is 11.4 Å². The fourth-order valence-electron chi connectivity index (χ4n) is 3.99. The van der Waals surface area contributed by atoms with E-state index in [2.05, 4.69) is 5.32 Å². The Morgan fingerprint density at radius 2 is 1.41 bits per heavy atom. The van der Waals surface area contributed by atoms with Crippen LogP contribution >= 0.6 is 0 Å². The highest BCUT2D eigenvalue weighted by molar-refractivity contribution is 6.46. The number of carbonyl (C=O) groups is 2. The third-order valence-corrected chi connectivity index (χ3v) is 5.72. The van der Waals surface area contributed by atoms with Gasteiger partial charge in [-0.3, -0.25) is 9.59 Å². The van der Waals surface area contributed by atoms with Gasteiger partial charge in [-0.05, 0) is 55.3 Å². The molecular formula is C27H26N2O5. The minimum Gasteiger partial charge on any atom is -0.497 e. The summed E-state index contributed by atoms with van der Waals surface area (Å²) in [5.41, 5.74) is 3.93. The van der Waals surface area contributed by atoms with Crippen LogP contribution in [0.5, 0.6) is 17.2 Å². The normalized spacial score (nSPS) is 13.4. The number of amides is 2. The maximum absolute atomic E-state index is 13.7. The first-order valence-corrected chi connectivity index (χ1v) is 10.7. The molecule has 7 nitrogen and oxygen atoms in total. The van der Waals surface area contributed by atoms with Crippen molar-refractivity contribution in [1.82, 2.24) is 0 Å². The van der Waals surface area contributed by atoms with Crippen LogP contribution in [0.3, 0.4) is 0 Å². The molecular weight excluding hydrogens is 432 g/mol. The zero-order valence-corrected chi connectivity index (χ0v) is 19.8. The van der Waals surface area contributed by atoms with E-state index in [0.717, 1.165) is 11.1 Å². The predicted octanol–water partition coefficient (Wildman–Crippen LogP) is 4.73. The van der Waals surface area contributed by atoms with Crippen molar-refractivity contribution in [3.05, 3.63) is 83.1 Å². The van der Waals surface area contributed by atoms with Gasteiger partial charge in [0, 0.05) is 6.07 Å². The summed E-state index contributed by atoms with van der Waals surface area (Å²) in [6, 6.07) is 17.9. The first-order valence-electron chi connectivity index (χ1n) is 10.7. The maximum atomic E-state index is 13.7. The number of hydrogen-bond donors (Lipinski definition) is 1. The van der Waals surface area contributed by atoms with Gasteiger partial charge >= 0.3 is 0 Å². The van der Waals surface area contributed by atoms with Crippen LogP contribution in [-0.2, 0) is 9.59 Å². The van der Waals surface area contributed by atoms with Gasteiger partial charge in [0.1, 0.15) is 22.9 Å². The van der Waals surface area contributed by atoms with Gasteiger partial charge in [-0.2, -0.15) is 0 Å². The third-order valence-electron chi connectivity index (χ3n) is 5.72. The Labute approximate surface area is 198 Å². The monoisotopic (exact) mass is 458 g/mol. The van der Waals surface area contributed by atoms with Crippen molar-refractivity contribution in [1.29, 1.82) is 0 Å². The van der Waals surface area contributed by atoms with Crippen LogP contribution in [0.25, 0.3) is 5.57 Å². The molecule has 3 aromatic rings. The molecule has 4 rings (SSSR count). The van der Waals surface area contributed by atoms with E-state index in [4.69, 9.17) is 14.2 Å². The summed E-state index contributed by atoms with van der Waals surface area (Å²) in [4.78, 5) is 28.6. The summed E-state index contributed by atoms with van der Waals surface area (Å²) in [5, 5.41) is 3.15. The van der Waals surface area contributed by atoms with Gasteiger partial charge in [-0.15, -0.1) is 0 Å². The van der Waals surface area contributed by atoms with Crippen molar-refractivity contribution >= 4 is 28.8 Å². The van der Waals surface area contributed by atoms with Gasteiger partial charge in [-0.1, -0.05) is 29.8 Å². The second-order valence-corrected chi connectivity index (χ2v) is 7.91. The van der Waals surface area contributed by atoms with E-state index in [0.29, 0.717) is 34.2 Å². The number of hydrogen-bond acceptors (Lipinski definition) is 6. The number of nitrogens with one attached hydrogen (secondary N) is 1. The summed E-state index contributed by atoms with van der Waals surface area (Å²) in [7, 11) is 4.66. The zero-order valence-electron chi connectivity index (χ0n) is 19.8. The van der Waals surface area contributed by atoms with E-state index in [1.54, 1.807) is 62.8 Å². The number of ether oxygens (including phenoxy) is 3. The largest absolute Gasteiger partial charge is 0.497 e. The molecule has 0 fully saturated rings. The molecule has 0 spiro atoms. The van der Waals surface area contributed by atoms with Crippen molar-refractivity contribution in [3.63, 3.8) is 0 Å². The lowest BCUT2D eigenvalue weighted by Gasteiger charge is -2.18. The van der Waals surface area contributed by atoms with Crippen molar-refractivity contribution in [2.24, 2.45) is 0 Å². The van der Waals surface area contributed by atoms with Crippen LogP contribution in [0.2, 0.25) is 0 Å². The molecule has 1 N–H and O–H groups in total. The maximum Gasteiger partial charge on any atom is 0.282 e. The smallest absolute Gasteiger partial charge is 0.282 e. The second-order valence-electron chi connectivity index (χ2n) is 7.91. The summed E-state index contributed by atoms with van der Waals surface area (Å²) in [5.74, 6) is 0.876. The Morgan fingerprint density at radius 1 is 0.735 bits per heavy atom. The van der Waals surface area contributed by atoms with Gasteiger partial charge in [0.05, 0.1) is 38.3 Å². The predicted molar refractivity (Wildman–Crippen MR) is 131 cm³/mol. The van der Waals surface area contributed by atoms with E-state index in [-0.39, 0.29) is 11.3 Å². The summed E-state index contributed by atoms with van der Waals surface area (Å²) >= 11 is 0. The van der Waals surface area contributed by atoms with Crippen LogP contribution in [0, 0.1) is 13.8 Å². The number of imide groups is 1. The quantitative estimate of drug-likeness (QED) is 0.516. The average molecular weight is 459 g/mol. The molecule has 0 unspecified atom stereocenters. The van der Waals surface area contributed by atoms with Gasteiger partial charge < -0.3 is 19.5 Å². The number of benzene rings is 3. The van der Waals surface area contributed by atoms with Crippen molar-refractivity contribution < 1.29 is 23.8 Å². The van der Waals surface area contributed by atoms with Crippen molar-refractivity contribution in [3.8, 4) is 17.2 Å². The molecule has 0 saturated heterocycles. The molecule has 2 amide bonds. The Kier molecular flexibility index (Phi) is 6.27. The lowest BCUT2D eigenvalue weighted by atomic mass is 10.0. The highest BCUT2D eigenvalue weighted by Gasteiger charge is 2.41. The molecule has 0 bridgehead atoms. The van der Waals surface area contributed by atoms with E-state index >= 15 is 0 Å². The number of methoxy groups -OCH3 is 3. The molecule has 174 valence electrons. The number of aryl methyl sites for hydroxylation is 2. The molecule has 1 aliphatic heterocycles. The average Bonchev–Trinajstić information content (AvgIpc) is 3.08. The van der Waals surface area contributed by atoms with Gasteiger partial charge in [0.2, 0.25) is 0 Å². The van der Waals surface area contributed by atoms with Gasteiger partial charge in [-0.25, -0.2) is 4.90 Å². The van der Waals surface area contributed by atoms with E-state index < -0.39 is 11.8 Å². The summed E-state index contributed by atoms with van der Waals surface area (Å²) in [6.07, 6.45) is 0. The third kappa shape index (κ3) is 4.08. The zero-order chi connectivity index (χ0) is 24.4. The van der Waals surface area contributed by atoms with Gasteiger partial charge in [0.25, 0.3) is 11.8 Å². The number of nitrogens with zero attached hydrogens (tertiary/aromatic N) is 1. The molecule has 1 heterocycles. The van der Waals surface area contributed by atoms with Crippen molar-refractivity contribution in [2.45, 2.75) is 13.8 Å². The lowest BCUT2D eigenvalue weighted by molar-refractivity contribution is -0.120. The van der Waals surface area contributed by atoms with Crippen LogP contribution in [-0.4, -0.2) is 33.1 Å². The molecule has 3 aromatic carbocycles. The Bertz CT molecular complexity index is 1290. The minimum atomic E-state index is -0.451.